The highest BCUT2D eigenvalue weighted by Gasteiger charge is 2.18. The van der Waals surface area contributed by atoms with Gasteiger partial charge < -0.3 is 14.6 Å². The van der Waals surface area contributed by atoms with Crippen LogP contribution in [0.15, 0.2) is 51.9 Å². The summed E-state index contributed by atoms with van der Waals surface area (Å²) < 4.78 is 12.3. The Labute approximate surface area is 164 Å². The lowest BCUT2D eigenvalue weighted by Crippen LogP contribution is -2.24. The molecule has 0 saturated heterocycles. The number of rotatable bonds is 4. The molecule has 29 heavy (non-hydrogen) atoms. The van der Waals surface area contributed by atoms with Gasteiger partial charge >= 0.3 is 5.63 Å². The topological polar surface area (TPSA) is 124 Å². The van der Waals surface area contributed by atoms with Crippen molar-refractivity contribution in [3.8, 4) is 22.8 Å². The van der Waals surface area contributed by atoms with Crippen molar-refractivity contribution in [2.75, 3.05) is 5.32 Å². The Morgan fingerprint density at radius 2 is 2.03 bits per heavy atom. The minimum atomic E-state index is -0.455. The average Bonchev–Trinajstić information content (AvgIpc) is 3.33. The third kappa shape index (κ3) is 3.52. The fraction of sp³-hybridized carbons (Fsp3) is 0.211. The fourth-order valence-electron chi connectivity index (χ4n) is 3.13. The molecular weight excluding hydrogens is 374 g/mol. The Morgan fingerprint density at radius 1 is 1.17 bits per heavy atom. The number of anilines is 2. The van der Waals surface area contributed by atoms with Gasteiger partial charge in [0.05, 0.1) is 48.1 Å². The molecule has 1 aliphatic rings. The number of aromatic amines is 1. The predicted molar refractivity (Wildman–Crippen MR) is 103 cm³/mol. The molecule has 2 N–H and O–H groups in total. The molecule has 0 spiro atoms. The number of H-pyrrole nitrogens is 1. The monoisotopic (exact) mass is 391 g/mol. The minimum Gasteiger partial charge on any atom is -0.370 e. The Bertz CT molecular complexity index is 1230. The van der Waals surface area contributed by atoms with Gasteiger partial charge in [0.25, 0.3) is 0 Å². The van der Waals surface area contributed by atoms with Gasteiger partial charge in [-0.1, -0.05) is 6.07 Å². The first-order chi connectivity index (χ1) is 14.1. The lowest BCUT2D eigenvalue weighted by atomic mass is 10.2. The molecule has 0 aliphatic carbocycles. The molecule has 0 aromatic carbocycles. The van der Waals surface area contributed by atoms with Crippen molar-refractivity contribution in [1.29, 1.82) is 0 Å². The van der Waals surface area contributed by atoms with Crippen molar-refractivity contribution in [1.82, 2.24) is 29.9 Å². The first-order valence-corrected chi connectivity index (χ1v) is 9.09. The second-order valence-electron chi connectivity index (χ2n) is 6.70. The van der Waals surface area contributed by atoms with Crippen LogP contribution in [0.5, 0.6) is 0 Å². The van der Waals surface area contributed by atoms with Crippen LogP contribution in [0.3, 0.4) is 0 Å². The maximum absolute atomic E-state index is 11.3. The number of nitrogens with one attached hydrogen (secondary N) is 2. The van der Waals surface area contributed by atoms with Crippen LogP contribution in [0.4, 0.5) is 11.8 Å². The van der Waals surface area contributed by atoms with Gasteiger partial charge in [-0.15, -0.1) is 0 Å². The van der Waals surface area contributed by atoms with Crippen molar-refractivity contribution < 1.29 is 9.26 Å². The summed E-state index contributed by atoms with van der Waals surface area (Å²) in [5.41, 5.74) is 2.91. The molecule has 0 amide bonds. The molecule has 10 heteroatoms. The van der Waals surface area contributed by atoms with Crippen LogP contribution in [0, 0.1) is 0 Å². The Kier molecular flexibility index (Phi) is 4.17. The van der Waals surface area contributed by atoms with E-state index in [1.54, 1.807) is 18.3 Å². The summed E-state index contributed by atoms with van der Waals surface area (Å²) in [5, 5.41) is 10.2. The van der Waals surface area contributed by atoms with Crippen molar-refractivity contribution in [2.24, 2.45) is 0 Å². The molecule has 0 radical (unpaired) electrons. The normalized spacial score (nSPS) is 15.8. The van der Waals surface area contributed by atoms with Crippen molar-refractivity contribution in [3.05, 3.63) is 58.7 Å². The summed E-state index contributed by atoms with van der Waals surface area (Å²) in [6.45, 7) is 3.26. The van der Waals surface area contributed by atoms with Crippen LogP contribution in [-0.2, 0) is 17.9 Å². The molecular formula is C19H17N7O3. The highest BCUT2D eigenvalue weighted by molar-refractivity contribution is 5.62. The van der Waals surface area contributed by atoms with Crippen LogP contribution in [-0.4, -0.2) is 36.0 Å². The number of pyridine rings is 1. The molecule has 1 aliphatic heterocycles. The van der Waals surface area contributed by atoms with E-state index in [0.717, 1.165) is 5.69 Å². The molecule has 0 fully saturated rings. The lowest BCUT2D eigenvalue weighted by molar-refractivity contribution is 0.0124. The van der Waals surface area contributed by atoms with Gasteiger partial charge in [0.2, 0.25) is 5.95 Å². The summed E-state index contributed by atoms with van der Waals surface area (Å²) in [7, 11) is 0. The first kappa shape index (κ1) is 17.3. The van der Waals surface area contributed by atoms with Crippen LogP contribution in [0.1, 0.15) is 12.6 Å². The number of fused-ring (bicyclic) bond motifs is 1. The van der Waals surface area contributed by atoms with Crippen LogP contribution in [0.25, 0.3) is 22.8 Å². The van der Waals surface area contributed by atoms with Crippen molar-refractivity contribution in [3.63, 3.8) is 0 Å². The zero-order valence-electron chi connectivity index (χ0n) is 15.5. The minimum absolute atomic E-state index is 0.137. The predicted octanol–water partition coefficient (Wildman–Crippen LogP) is 2.35. The van der Waals surface area contributed by atoms with E-state index in [2.05, 4.69) is 30.5 Å². The second kappa shape index (κ2) is 6.99. The Morgan fingerprint density at radius 3 is 2.90 bits per heavy atom. The summed E-state index contributed by atoms with van der Waals surface area (Å²) in [6, 6.07) is 10.5. The number of nitrogens with zero attached hydrogens (tertiary/aromatic N) is 5. The third-order valence-electron chi connectivity index (χ3n) is 4.52. The number of ether oxygens (including phenoxy) is 1. The molecule has 0 bridgehead atoms. The number of aromatic nitrogens is 6. The SMILES string of the molecule is C[C@@H]1Cn2nc(Nc3nccc(-c4cccc(-c5cc(=O)o[nH]5)n4)n3)cc2CO1. The van der Waals surface area contributed by atoms with Gasteiger partial charge in [-0.3, -0.25) is 4.68 Å². The maximum Gasteiger partial charge on any atom is 0.357 e. The van der Waals surface area contributed by atoms with Gasteiger partial charge in [0.15, 0.2) is 5.82 Å². The molecule has 0 unspecified atom stereocenters. The average molecular weight is 391 g/mol. The van der Waals surface area contributed by atoms with Gasteiger partial charge in [-0.05, 0) is 25.1 Å². The summed E-state index contributed by atoms with van der Waals surface area (Å²) in [5.74, 6) is 1.07. The van der Waals surface area contributed by atoms with Gasteiger partial charge in [0.1, 0.15) is 5.69 Å². The molecule has 1 atom stereocenters. The smallest absolute Gasteiger partial charge is 0.357 e. The van der Waals surface area contributed by atoms with E-state index in [1.807, 2.05) is 29.8 Å². The molecule has 146 valence electrons. The zero-order chi connectivity index (χ0) is 19.8. The molecule has 10 nitrogen and oxygen atoms in total. The van der Waals surface area contributed by atoms with E-state index in [0.29, 0.717) is 47.7 Å². The fourth-order valence-corrected chi connectivity index (χ4v) is 3.13. The van der Waals surface area contributed by atoms with Gasteiger partial charge in [0, 0.05) is 12.3 Å². The van der Waals surface area contributed by atoms with Gasteiger partial charge in [-0.2, -0.15) is 5.10 Å². The molecule has 5 heterocycles. The first-order valence-electron chi connectivity index (χ1n) is 9.09. The number of hydrogen-bond donors (Lipinski definition) is 2. The zero-order valence-corrected chi connectivity index (χ0v) is 15.5. The molecule has 4 aromatic heterocycles. The standard InChI is InChI=1S/C19H17N7O3/c1-11-9-26-12(10-28-11)7-17(24-26)23-19-20-6-5-15(22-19)13-3-2-4-14(21-13)16-8-18(27)29-25-16/h2-8,11,25H,9-10H2,1H3,(H,20,22,23,24)/t11-/m1/s1. The third-order valence-corrected chi connectivity index (χ3v) is 4.52. The summed E-state index contributed by atoms with van der Waals surface area (Å²) in [6.07, 6.45) is 1.79. The quantitative estimate of drug-likeness (QED) is 0.543. The molecule has 4 aromatic rings. The summed E-state index contributed by atoms with van der Waals surface area (Å²) >= 11 is 0. The second-order valence-corrected chi connectivity index (χ2v) is 6.70. The largest absolute Gasteiger partial charge is 0.370 e. The Balaban J connectivity index is 1.41. The van der Waals surface area contributed by atoms with Crippen molar-refractivity contribution in [2.45, 2.75) is 26.2 Å². The van der Waals surface area contributed by atoms with E-state index in [4.69, 9.17) is 9.26 Å². The molecule has 5 rings (SSSR count). The van der Waals surface area contributed by atoms with Gasteiger partial charge in [-0.25, -0.2) is 24.9 Å². The molecule has 0 saturated carbocycles. The number of hydrogen-bond acceptors (Lipinski definition) is 8. The van der Waals surface area contributed by atoms with E-state index < -0.39 is 5.63 Å². The van der Waals surface area contributed by atoms with E-state index in [9.17, 15) is 4.79 Å². The highest BCUT2D eigenvalue weighted by Crippen LogP contribution is 2.22. The Hall–Kier alpha value is -3.79. The van der Waals surface area contributed by atoms with E-state index in [1.165, 1.54) is 6.07 Å². The van der Waals surface area contributed by atoms with Crippen LogP contribution in [0.2, 0.25) is 0 Å². The summed E-state index contributed by atoms with van der Waals surface area (Å²) in [4.78, 5) is 24.6. The van der Waals surface area contributed by atoms with Crippen molar-refractivity contribution >= 4 is 11.8 Å². The van der Waals surface area contributed by atoms with Crippen LogP contribution < -0.4 is 10.9 Å². The van der Waals surface area contributed by atoms with E-state index >= 15 is 0 Å². The highest BCUT2D eigenvalue weighted by atomic mass is 16.5. The lowest BCUT2D eigenvalue weighted by Gasteiger charge is -2.20. The maximum atomic E-state index is 11.3. The van der Waals surface area contributed by atoms with Crippen LogP contribution >= 0.6 is 0 Å². The van der Waals surface area contributed by atoms with E-state index in [-0.39, 0.29) is 6.10 Å².